The molecular formula is C16H17NO5S. The molecule has 0 amide bonds. The van der Waals surface area contributed by atoms with Crippen LogP contribution in [0.5, 0.6) is 5.75 Å². The highest BCUT2D eigenvalue weighted by atomic mass is 32.2. The second kappa shape index (κ2) is 6.29. The van der Waals surface area contributed by atoms with E-state index in [2.05, 4.69) is 0 Å². The maximum atomic E-state index is 12.7. The van der Waals surface area contributed by atoms with Crippen molar-refractivity contribution in [2.75, 3.05) is 18.5 Å². The van der Waals surface area contributed by atoms with Crippen LogP contribution < -0.4 is 9.04 Å². The summed E-state index contributed by atoms with van der Waals surface area (Å²) < 4.78 is 31.5. The summed E-state index contributed by atoms with van der Waals surface area (Å²) in [5.41, 5.74) is 1.22. The Morgan fingerprint density at radius 3 is 2.43 bits per heavy atom. The first-order valence-corrected chi connectivity index (χ1v) is 8.18. The zero-order valence-electron chi connectivity index (χ0n) is 13.0. The van der Waals surface area contributed by atoms with Gasteiger partial charge < -0.3 is 9.84 Å². The van der Waals surface area contributed by atoms with Gasteiger partial charge in [-0.2, -0.15) is 0 Å². The van der Waals surface area contributed by atoms with Gasteiger partial charge in [0, 0.05) is 7.05 Å². The van der Waals surface area contributed by atoms with E-state index >= 15 is 0 Å². The van der Waals surface area contributed by atoms with Crippen molar-refractivity contribution < 1.29 is 23.1 Å². The maximum Gasteiger partial charge on any atom is 0.339 e. The van der Waals surface area contributed by atoms with Crippen LogP contribution >= 0.6 is 0 Å². The summed E-state index contributed by atoms with van der Waals surface area (Å²) in [7, 11) is -1.12. The average molecular weight is 335 g/mol. The van der Waals surface area contributed by atoms with Gasteiger partial charge >= 0.3 is 5.97 Å². The number of benzene rings is 2. The van der Waals surface area contributed by atoms with Crippen LogP contribution in [0.25, 0.3) is 0 Å². The van der Waals surface area contributed by atoms with Crippen molar-refractivity contribution in [3.8, 4) is 5.75 Å². The molecule has 0 heterocycles. The number of carboxylic acid groups (broad SMARTS) is 1. The monoisotopic (exact) mass is 335 g/mol. The van der Waals surface area contributed by atoms with E-state index in [-0.39, 0.29) is 16.2 Å². The first kappa shape index (κ1) is 16.8. The van der Waals surface area contributed by atoms with Crippen molar-refractivity contribution in [2.45, 2.75) is 11.8 Å². The van der Waals surface area contributed by atoms with Crippen LogP contribution in [0.2, 0.25) is 0 Å². The van der Waals surface area contributed by atoms with E-state index in [4.69, 9.17) is 4.74 Å². The zero-order chi connectivity index (χ0) is 17.2. The van der Waals surface area contributed by atoms with Crippen LogP contribution in [0, 0.1) is 6.92 Å². The van der Waals surface area contributed by atoms with Crippen molar-refractivity contribution in [1.82, 2.24) is 0 Å². The first-order chi connectivity index (χ1) is 10.8. The second-order valence-electron chi connectivity index (χ2n) is 4.98. The molecular weight excluding hydrogens is 318 g/mol. The number of carboxylic acids is 1. The summed E-state index contributed by atoms with van der Waals surface area (Å²) in [5, 5.41) is 9.19. The van der Waals surface area contributed by atoms with Crippen molar-refractivity contribution in [2.24, 2.45) is 0 Å². The normalized spacial score (nSPS) is 11.1. The van der Waals surface area contributed by atoms with Gasteiger partial charge in [-0.3, -0.25) is 4.31 Å². The van der Waals surface area contributed by atoms with Gasteiger partial charge in [-0.1, -0.05) is 12.1 Å². The van der Waals surface area contributed by atoms with Gasteiger partial charge in [-0.15, -0.1) is 0 Å². The Morgan fingerprint density at radius 1 is 1.17 bits per heavy atom. The number of nitrogens with zero attached hydrogens (tertiary/aromatic N) is 1. The molecule has 0 unspecified atom stereocenters. The van der Waals surface area contributed by atoms with Crippen molar-refractivity contribution in [3.63, 3.8) is 0 Å². The molecule has 122 valence electrons. The average Bonchev–Trinajstić information content (AvgIpc) is 2.53. The summed E-state index contributed by atoms with van der Waals surface area (Å²) in [6.45, 7) is 1.86. The lowest BCUT2D eigenvalue weighted by atomic mass is 10.2. The van der Waals surface area contributed by atoms with E-state index in [1.807, 2.05) is 13.0 Å². The van der Waals surface area contributed by atoms with Gasteiger partial charge in [0.1, 0.15) is 11.3 Å². The molecule has 0 radical (unpaired) electrons. The molecule has 0 saturated carbocycles. The maximum absolute atomic E-state index is 12.7. The van der Waals surface area contributed by atoms with Gasteiger partial charge in [-0.25, -0.2) is 13.2 Å². The molecule has 2 rings (SSSR count). The molecule has 0 aliphatic carbocycles. The molecule has 0 aliphatic heterocycles. The summed E-state index contributed by atoms with van der Waals surface area (Å²) in [4.78, 5) is 11.1. The number of anilines is 1. The Labute approximate surface area is 135 Å². The van der Waals surface area contributed by atoms with Gasteiger partial charge in [0.15, 0.2) is 0 Å². The minimum Gasteiger partial charge on any atom is -0.496 e. The van der Waals surface area contributed by atoms with Crippen molar-refractivity contribution in [3.05, 3.63) is 53.6 Å². The second-order valence-corrected chi connectivity index (χ2v) is 6.95. The quantitative estimate of drug-likeness (QED) is 0.908. The number of carbonyl (C=O) groups is 1. The predicted molar refractivity (Wildman–Crippen MR) is 86.7 cm³/mol. The van der Waals surface area contributed by atoms with Crippen molar-refractivity contribution in [1.29, 1.82) is 0 Å². The van der Waals surface area contributed by atoms with E-state index in [9.17, 15) is 18.3 Å². The fourth-order valence-corrected chi connectivity index (χ4v) is 3.35. The Bertz CT molecular complexity index is 845. The third-order valence-electron chi connectivity index (χ3n) is 3.43. The van der Waals surface area contributed by atoms with Crippen LogP contribution in [0.3, 0.4) is 0 Å². The summed E-state index contributed by atoms with van der Waals surface area (Å²) in [6.07, 6.45) is 0. The third kappa shape index (κ3) is 3.29. The van der Waals surface area contributed by atoms with E-state index in [1.165, 1.54) is 26.3 Å². The Hall–Kier alpha value is -2.54. The number of hydrogen-bond acceptors (Lipinski definition) is 4. The van der Waals surface area contributed by atoms with Crippen LogP contribution in [0.15, 0.2) is 47.4 Å². The van der Waals surface area contributed by atoms with E-state index < -0.39 is 16.0 Å². The molecule has 2 aromatic carbocycles. The Kier molecular flexibility index (Phi) is 4.60. The largest absolute Gasteiger partial charge is 0.496 e. The lowest BCUT2D eigenvalue weighted by Gasteiger charge is -2.20. The van der Waals surface area contributed by atoms with E-state index in [1.54, 1.807) is 18.2 Å². The van der Waals surface area contributed by atoms with Crippen LogP contribution in [0.4, 0.5) is 5.69 Å². The van der Waals surface area contributed by atoms with E-state index in [0.29, 0.717) is 5.69 Å². The van der Waals surface area contributed by atoms with Crippen LogP contribution in [-0.4, -0.2) is 33.7 Å². The van der Waals surface area contributed by atoms with E-state index in [0.717, 1.165) is 15.9 Å². The molecule has 2 aromatic rings. The fourth-order valence-electron chi connectivity index (χ4n) is 2.14. The molecule has 0 saturated heterocycles. The molecule has 1 N–H and O–H groups in total. The Balaban J connectivity index is 2.51. The minimum absolute atomic E-state index is 0.106. The predicted octanol–water partition coefficient (Wildman–Crippen LogP) is 2.53. The summed E-state index contributed by atoms with van der Waals surface area (Å²) in [5.74, 6) is -1.15. The number of rotatable bonds is 5. The van der Waals surface area contributed by atoms with Crippen LogP contribution in [-0.2, 0) is 10.0 Å². The highest BCUT2D eigenvalue weighted by molar-refractivity contribution is 7.92. The smallest absolute Gasteiger partial charge is 0.339 e. The SMILES string of the molecule is COc1ccc(S(=O)(=O)N(C)c2cccc(C)c2)cc1C(=O)O. The van der Waals surface area contributed by atoms with Crippen LogP contribution in [0.1, 0.15) is 15.9 Å². The lowest BCUT2D eigenvalue weighted by molar-refractivity contribution is 0.0693. The fraction of sp³-hybridized carbons (Fsp3) is 0.188. The first-order valence-electron chi connectivity index (χ1n) is 6.74. The number of ether oxygens (including phenoxy) is 1. The molecule has 23 heavy (non-hydrogen) atoms. The third-order valence-corrected chi connectivity index (χ3v) is 5.21. The molecule has 7 heteroatoms. The Morgan fingerprint density at radius 2 is 1.87 bits per heavy atom. The topological polar surface area (TPSA) is 83.9 Å². The van der Waals surface area contributed by atoms with Gasteiger partial charge in [0.05, 0.1) is 17.7 Å². The minimum atomic E-state index is -3.88. The molecule has 0 aromatic heterocycles. The summed E-state index contributed by atoms with van der Waals surface area (Å²) >= 11 is 0. The molecule has 0 bridgehead atoms. The number of aryl methyl sites for hydroxylation is 1. The van der Waals surface area contributed by atoms with Gasteiger partial charge in [-0.05, 0) is 42.8 Å². The molecule has 0 aliphatic rings. The molecule has 6 nitrogen and oxygen atoms in total. The number of sulfonamides is 1. The number of aromatic carboxylic acids is 1. The lowest BCUT2D eigenvalue weighted by Crippen LogP contribution is -2.26. The highest BCUT2D eigenvalue weighted by Gasteiger charge is 2.24. The van der Waals surface area contributed by atoms with Crippen molar-refractivity contribution >= 4 is 21.7 Å². The number of hydrogen-bond donors (Lipinski definition) is 1. The molecule has 0 spiro atoms. The standard InChI is InChI=1S/C16H17NO5S/c1-11-5-4-6-12(9-11)17(2)23(20,21)13-7-8-15(22-3)14(10-13)16(18)19/h4-10H,1-3H3,(H,18,19). The van der Waals surface area contributed by atoms with Gasteiger partial charge in [0.2, 0.25) is 0 Å². The summed E-state index contributed by atoms with van der Waals surface area (Å²) in [6, 6.07) is 10.8. The molecule has 0 fully saturated rings. The highest BCUT2D eigenvalue weighted by Crippen LogP contribution is 2.27. The number of methoxy groups -OCH3 is 1. The molecule has 0 atom stereocenters. The van der Waals surface area contributed by atoms with Gasteiger partial charge in [0.25, 0.3) is 10.0 Å². The zero-order valence-corrected chi connectivity index (χ0v) is 13.8.